The second kappa shape index (κ2) is 4.03. The summed E-state index contributed by atoms with van der Waals surface area (Å²) in [5.74, 6) is 0. The fraction of sp³-hybridized carbons (Fsp3) is 0.500. The van der Waals surface area contributed by atoms with Crippen LogP contribution in [-0.4, -0.2) is 25.7 Å². The molecular weight excluding hydrogens is 208 g/mol. The number of fused-ring (bicyclic) bond motifs is 1. The van der Waals surface area contributed by atoms with E-state index in [4.69, 9.17) is 0 Å². The van der Waals surface area contributed by atoms with Gasteiger partial charge in [0.05, 0.1) is 6.04 Å². The summed E-state index contributed by atoms with van der Waals surface area (Å²) < 4.78 is 0. The lowest BCUT2D eigenvalue weighted by atomic mass is 10.1. The molecule has 82 valence electrons. The monoisotopic (exact) mass is 224 g/mol. The summed E-state index contributed by atoms with van der Waals surface area (Å²) in [5, 5.41) is 3.34. The average molecular weight is 225 g/mol. The highest BCUT2D eigenvalue weighted by Crippen LogP contribution is 2.32. The van der Waals surface area contributed by atoms with E-state index in [1.807, 2.05) is 0 Å². The number of anilines is 1. The van der Waals surface area contributed by atoms with Gasteiger partial charge < -0.3 is 10.2 Å². The number of nitrogens with one attached hydrogen (secondary N) is 1. The molecule has 15 heavy (non-hydrogen) atoms. The van der Waals surface area contributed by atoms with Crippen molar-refractivity contribution in [3.05, 3.63) is 29.3 Å². The first-order valence-corrected chi connectivity index (χ1v) is 5.42. The van der Waals surface area contributed by atoms with Gasteiger partial charge in [-0.05, 0) is 30.5 Å². The van der Waals surface area contributed by atoms with Gasteiger partial charge in [-0.15, -0.1) is 12.4 Å². The first kappa shape index (κ1) is 10.8. The molecule has 3 heteroatoms. The number of hydrogen-bond donors (Lipinski definition) is 1. The molecule has 0 radical (unpaired) electrons. The Morgan fingerprint density at radius 1 is 1.33 bits per heavy atom. The fourth-order valence-electron chi connectivity index (χ4n) is 2.51. The molecule has 1 saturated heterocycles. The summed E-state index contributed by atoms with van der Waals surface area (Å²) in [7, 11) is 0. The third-order valence-electron chi connectivity index (χ3n) is 3.50. The largest absolute Gasteiger partial charge is 0.365 e. The lowest BCUT2D eigenvalue weighted by molar-refractivity contribution is 0.420. The molecule has 0 bridgehead atoms. The smallest absolute Gasteiger partial charge is 0.0539 e. The summed E-state index contributed by atoms with van der Waals surface area (Å²) in [6.45, 7) is 5.76. The van der Waals surface area contributed by atoms with Gasteiger partial charge in [0, 0.05) is 25.3 Å². The lowest BCUT2D eigenvalue weighted by Gasteiger charge is -2.37. The molecule has 2 aliphatic rings. The molecule has 0 spiro atoms. The van der Waals surface area contributed by atoms with Crippen molar-refractivity contribution in [1.29, 1.82) is 0 Å². The van der Waals surface area contributed by atoms with Crippen LogP contribution < -0.4 is 10.2 Å². The Bertz CT molecular complexity index is 361. The second-order valence-corrected chi connectivity index (χ2v) is 4.33. The predicted octanol–water partition coefficient (Wildman–Crippen LogP) is 1.75. The van der Waals surface area contributed by atoms with Gasteiger partial charge in [-0.2, -0.15) is 0 Å². The Kier molecular flexibility index (Phi) is 2.89. The van der Waals surface area contributed by atoms with E-state index in [1.54, 1.807) is 5.56 Å². The van der Waals surface area contributed by atoms with E-state index in [0.29, 0.717) is 0 Å². The molecule has 1 fully saturated rings. The third kappa shape index (κ3) is 1.62. The Morgan fingerprint density at radius 3 is 2.80 bits per heavy atom. The summed E-state index contributed by atoms with van der Waals surface area (Å²) >= 11 is 0. The zero-order valence-corrected chi connectivity index (χ0v) is 9.81. The minimum Gasteiger partial charge on any atom is -0.365 e. The molecule has 1 aromatic carbocycles. The molecule has 0 amide bonds. The van der Waals surface area contributed by atoms with Gasteiger partial charge in [-0.1, -0.05) is 12.1 Å². The van der Waals surface area contributed by atoms with E-state index in [1.165, 1.54) is 24.2 Å². The van der Waals surface area contributed by atoms with Crippen molar-refractivity contribution < 1.29 is 0 Å². The first-order chi connectivity index (χ1) is 6.86. The van der Waals surface area contributed by atoms with Crippen LogP contribution in [0.25, 0.3) is 0 Å². The molecule has 0 saturated carbocycles. The average Bonchev–Trinajstić information content (AvgIpc) is 2.48. The number of nitrogens with zero attached hydrogens (tertiary/aromatic N) is 1. The van der Waals surface area contributed by atoms with Crippen LogP contribution in [0.5, 0.6) is 0 Å². The Balaban J connectivity index is 0.000000853. The molecule has 0 aromatic heterocycles. The van der Waals surface area contributed by atoms with Gasteiger partial charge in [0.15, 0.2) is 0 Å². The highest BCUT2D eigenvalue weighted by atomic mass is 35.5. The van der Waals surface area contributed by atoms with Crippen molar-refractivity contribution in [3.8, 4) is 0 Å². The zero-order chi connectivity index (χ0) is 9.54. The predicted molar refractivity (Wildman–Crippen MR) is 66.1 cm³/mol. The minimum absolute atomic E-state index is 0. The van der Waals surface area contributed by atoms with Crippen LogP contribution in [0.1, 0.15) is 11.1 Å². The Morgan fingerprint density at radius 2 is 2.13 bits per heavy atom. The Hall–Kier alpha value is -0.730. The highest BCUT2D eigenvalue weighted by Gasteiger charge is 2.29. The Labute approximate surface area is 97.1 Å². The van der Waals surface area contributed by atoms with Crippen LogP contribution in [0, 0.1) is 6.92 Å². The maximum atomic E-state index is 3.34. The summed E-state index contributed by atoms with van der Waals surface area (Å²) in [4.78, 5) is 2.57. The minimum atomic E-state index is 0. The second-order valence-electron chi connectivity index (χ2n) is 4.33. The first-order valence-electron chi connectivity index (χ1n) is 5.42. The molecule has 0 atom stereocenters. The van der Waals surface area contributed by atoms with E-state index in [0.717, 1.165) is 19.1 Å². The maximum absolute atomic E-state index is 3.34. The topological polar surface area (TPSA) is 15.3 Å². The molecule has 3 rings (SSSR count). The summed E-state index contributed by atoms with van der Waals surface area (Å²) in [5.41, 5.74) is 4.51. The van der Waals surface area contributed by atoms with Crippen molar-refractivity contribution in [2.75, 3.05) is 24.5 Å². The van der Waals surface area contributed by atoms with Crippen LogP contribution in [0.15, 0.2) is 18.2 Å². The molecule has 0 aliphatic carbocycles. The van der Waals surface area contributed by atoms with Crippen LogP contribution in [0.4, 0.5) is 5.69 Å². The van der Waals surface area contributed by atoms with Crippen LogP contribution in [0.3, 0.4) is 0 Å². The molecule has 1 N–H and O–H groups in total. The van der Waals surface area contributed by atoms with Crippen molar-refractivity contribution in [2.45, 2.75) is 19.4 Å². The van der Waals surface area contributed by atoms with Crippen LogP contribution >= 0.6 is 12.4 Å². The van der Waals surface area contributed by atoms with Gasteiger partial charge in [-0.3, -0.25) is 0 Å². The lowest BCUT2D eigenvalue weighted by Crippen LogP contribution is -2.56. The highest BCUT2D eigenvalue weighted by molar-refractivity contribution is 5.85. The zero-order valence-electron chi connectivity index (χ0n) is 8.99. The van der Waals surface area contributed by atoms with Crippen molar-refractivity contribution in [3.63, 3.8) is 0 Å². The van der Waals surface area contributed by atoms with E-state index < -0.39 is 0 Å². The number of aryl methyl sites for hydroxylation is 1. The molecule has 0 unspecified atom stereocenters. The quantitative estimate of drug-likeness (QED) is 0.782. The third-order valence-corrected chi connectivity index (χ3v) is 3.50. The molecule has 2 aliphatic heterocycles. The number of halogens is 1. The van der Waals surface area contributed by atoms with Crippen LogP contribution in [0.2, 0.25) is 0 Å². The van der Waals surface area contributed by atoms with Gasteiger partial charge in [0.1, 0.15) is 0 Å². The maximum Gasteiger partial charge on any atom is 0.0539 e. The van der Waals surface area contributed by atoms with E-state index in [2.05, 4.69) is 35.3 Å². The van der Waals surface area contributed by atoms with Gasteiger partial charge in [-0.25, -0.2) is 0 Å². The molecule has 2 heterocycles. The number of benzene rings is 1. The van der Waals surface area contributed by atoms with Crippen LogP contribution in [-0.2, 0) is 6.42 Å². The fourth-order valence-corrected chi connectivity index (χ4v) is 2.51. The number of rotatable bonds is 1. The number of hydrogen-bond acceptors (Lipinski definition) is 2. The van der Waals surface area contributed by atoms with Crippen molar-refractivity contribution >= 4 is 18.1 Å². The van der Waals surface area contributed by atoms with Crippen molar-refractivity contribution in [1.82, 2.24) is 5.32 Å². The molecule has 2 nitrogen and oxygen atoms in total. The van der Waals surface area contributed by atoms with Gasteiger partial charge in [0.25, 0.3) is 0 Å². The van der Waals surface area contributed by atoms with Crippen molar-refractivity contribution in [2.24, 2.45) is 0 Å². The standard InChI is InChI=1S/C12H16N2.ClH/c1-9-3-2-4-12-11(9)5-6-14(12)10-7-13-8-10;/h2-4,10,13H,5-8H2,1H3;1H. The molecular formula is C12H17ClN2. The van der Waals surface area contributed by atoms with E-state index >= 15 is 0 Å². The summed E-state index contributed by atoms with van der Waals surface area (Å²) in [6, 6.07) is 7.42. The molecule has 1 aromatic rings. The normalized spacial score (nSPS) is 19.4. The SMILES string of the molecule is Cc1cccc2c1CCN2C1CNC1.Cl. The summed E-state index contributed by atoms with van der Waals surface area (Å²) in [6.07, 6.45) is 1.23. The van der Waals surface area contributed by atoms with E-state index in [9.17, 15) is 0 Å². The van der Waals surface area contributed by atoms with Gasteiger partial charge in [0.2, 0.25) is 0 Å². The van der Waals surface area contributed by atoms with E-state index in [-0.39, 0.29) is 12.4 Å². The van der Waals surface area contributed by atoms with Gasteiger partial charge >= 0.3 is 0 Å².